The van der Waals surface area contributed by atoms with Crippen molar-refractivity contribution in [1.82, 2.24) is 10.2 Å². The fourth-order valence-electron chi connectivity index (χ4n) is 2.74. The Labute approximate surface area is 185 Å². The van der Waals surface area contributed by atoms with Crippen LogP contribution in [0.25, 0.3) is 0 Å². The number of nitrogens with one attached hydrogen (secondary N) is 2. The number of nitrogens with zero attached hydrogens (tertiary/aromatic N) is 2. The molecule has 0 radical (unpaired) electrons. The maximum Gasteiger partial charge on any atom is 0.195 e. The van der Waals surface area contributed by atoms with Gasteiger partial charge in [-0.2, -0.15) is 0 Å². The number of guanidine groups is 1. The number of aliphatic imine (C=N–C) groups is 1. The molecule has 0 saturated heterocycles. The molecule has 0 heterocycles. The van der Waals surface area contributed by atoms with Crippen LogP contribution in [-0.4, -0.2) is 45.7 Å². The minimum atomic E-state index is 0. The van der Waals surface area contributed by atoms with Crippen molar-refractivity contribution < 1.29 is 9.47 Å². The predicted octanol–water partition coefficient (Wildman–Crippen LogP) is 3.96. The monoisotopic (exact) mass is 498 g/mol. The van der Waals surface area contributed by atoms with E-state index in [1.54, 1.807) is 14.2 Å². The Hall–Kier alpha value is -2.00. The summed E-state index contributed by atoms with van der Waals surface area (Å²) in [6.07, 6.45) is 0. The minimum absolute atomic E-state index is 0. The van der Waals surface area contributed by atoms with Crippen LogP contribution >= 0.6 is 24.0 Å². The smallest absolute Gasteiger partial charge is 0.195 e. The van der Waals surface area contributed by atoms with Crippen molar-refractivity contribution >= 4 is 35.6 Å². The van der Waals surface area contributed by atoms with Gasteiger partial charge in [-0.1, -0.05) is 24.3 Å². The van der Waals surface area contributed by atoms with E-state index in [1.165, 1.54) is 11.1 Å². The summed E-state index contributed by atoms with van der Waals surface area (Å²) in [4.78, 5) is 6.48. The fraction of sp³-hybridized carbons (Fsp3) is 0.381. The van der Waals surface area contributed by atoms with Crippen LogP contribution in [0.5, 0.6) is 11.5 Å². The highest BCUT2D eigenvalue weighted by molar-refractivity contribution is 14.0. The summed E-state index contributed by atoms with van der Waals surface area (Å²) < 4.78 is 11.0. The van der Waals surface area contributed by atoms with Crippen molar-refractivity contribution in [3.8, 4) is 11.5 Å². The summed E-state index contributed by atoms with van der Waals surface area (Å²) in [7, 11) is 7.54. The number of hydrogen-bond donors (Lipinski definition) is 2. The van der Waals surface area contributed by atoms with Crippen molar-refractivity contribution in [3.63, 3.8) is 0 Å². The molecule has 0 unspecified atom stereocenters. The average molecular weight is 498 g/mol. The van der Waals surface area contributed by atoms with Gasteiger partial charge in [-0.25, -0.2) is 0 Å². The second-order valence-corrected chi connectivity index (χ2v) is 6.36. The standard InChI is InChI=1S/C21H30N4O2.HI/c1-6-27-19-12-11-18(13-20(19)26-5)24-21(22-2)23-14-16-9-7-8-10-17(16)15-25(3)4;/h7-13H,6,14-15H2,1-5H3,(H2,22,23,24);1H. The molecule has 6 nitrogen and oxygen atoms in total. The minimum Gasteiger partial charge on any atom is -0.493 e. The molecule has 2 rings (SSSR count). The zero-order chi connectivity index (χ0) is 19.6. The molecule has 0 saturated carbocycles. The molecule has 28 heavy (non-hydrogen) atoms. The molecular weight excluding hydrogens is 467 g/mol. The maximum absolute atomic E-state index is 5.56. The molecule has 2 aromatic carbocycles. The Bertz CT molecular complexity index is 766. The SMILES string of the molecule is CCOc1ccc(NC(=NC)NCc2ccccc2CN(C)C)cc1OC.I. The number of rotatable bonds is 8. The summed E-state index contributed by atoms with van der Waals surface area (Å²) in [6, 6.07) is 14.2. The Morgan fingerprint density at radius 2 is 1.79 bits per heavy atom. The molecule has 7 heteroatoms. The third kappa shape index (κ3) is 7.20. The first-order valence-corrected chi connectivity index (χ1v) is 9.07. The Balaban J connectivity index is 0.00000392. The molecule has 0 spiro atoms. The molecule has 0 aliphatic rings. The molecule has 0 bridgehead atoms. The molecule has 0 aliphatic carbocycles. The Kier molecular flexibility index (Phi) is 10.7. The first-order chi connectivity index (χ1) is 13.1. The highest BCUT2D eigenvalue weighted by Gasteiger charge is 2.08. The lowest BCUT2D eigenvalue weighted by molar-refractivity contribution is 0.311. The predicted molar refractivity (Wildman–Crippen MR) is 127 cm³/mol. The van der Waals surface area contributed by atoms with Crippen LogP contribution in [0.4, 0.5) is 5.69 Å². The highest BCUT2D eigenvalue weighted by Crippen LogP contribution is 2.30. The second-order valence-electron chi connectivity index (χ2n) is 6.36. The Morgan fingerprint density at radius 3 is 2.39 bits per heavy atom. The third-order valence-electron chi connectivity index (χ3n) is 4.00. The van der Waals surface area contributed by atoms with Crippen molar-refractivity contribution in [2.45, 2.75) is 20.0 Å². The van der Waals surface area contributed by atoms with Gasteiger partial charge in [-0.05, 0) is 44.3 Å². The van der Waals surface area contributed by atoms with Crippen molar-refractivity contribution in [2.75, 3.05) is 40.2 Å². The van der Waals surface area contributed by atoms with Crippen LogP contribution in [0.15, 0.2) is 47.5 Å². The Morgan fingerprint density at radius 1 is 1.07 bits per heavy atom. The van der Waals surface area contributed by atoms with Crippen LogP contribution in [0.3, 0.4) is 0 Å². The number of anilines is 1. The first-order valence-electron chi connectivity index (χ1n) is 9.07. The first kappa shape index (κ1) is 24.0. The fourth-order valence-corrected chi connectivity index (χ4v) is 2.74. The van der Waals surface area contributed by atoms with Gasteiger partial charge >= 0.3 is 0 Å². The lowest BCUT2D eigenvalue weighted by Gasteiger charge is -2.17. The number of benzene rings is 2. The lowest BCUT2D eigenvalue weighted by atomic mass is 10.1. The van der Waals surface area contributed by atoms with E-state index in [2.05, 4.69) is 58.9 Å². The van der Waals surface area contributed by atoms with Gasteiger partial charge in [0, 0.05) is 31.9 Å². The summed E-state index contributed by atoms with van der Waals surface area (Å²) >= 11 is 0. The average Bonchev–Trinajstić information content (AvgIpc) is 2.67. The van der Waals surface area contributed by atoms with E-state index in [1.807, 2.05) is 25.1 Å². The number of halogens is 1. The second kappa shape index (κ2) is 12.5. The number of methoxy groups -OCH3 is 1. The van der Waals surface area contributed by atoms with Gasteiger partial charge in [-0.3, -0.25) is 4.99 Å². The number of hydrogen-bond acceptors (Lipinski definition) is 4. The zero-order valence-electron chi connectivity index (χ0n) is 17.3. The van der Waals surface area contributed by atoms with Crippen molar-refractivity contribution in [2.24, 2.45) is 4.99 Å². The maximum atomic E-state index is 5.56. The number of ether oxygens (including phenoxy) is 2. The zero-order valence-corrected chi connectivity index (χ0v) is 19.6. The van der Waals surface area contributed by atoms with Gasteiger partial charge in [0.25, 0.3) is 0 Å². The van der Waals surface area contributed by atoms with Crippen molar-refractivity contribution in [1.29, 1.82) is 0 Å². The van der Waals surface area contributed by atoms with E-state index in [-0.39, 0.29) is 24.0 Å². The van der Waals surface area contributed by atoms with Gasteiger partial charge in [0.2, 0.25) is 0 Å². The lowest BCUT2D eigenvalue weighted by Crippen LogP contribution is -2.30. The van der Waals surface area contributed by atoms with Crippen LogP contribution < -0.4 is 20.1 Å². The summed E-state index contributed by atoms with van der Waals surface area (Å²) in [6.45, 7) is 4.14. The quantitative estimate of drug-likeness (QED) is 0.328. The molecule has 0 fully saturated rings. The topological polar surface area (TPSA) is 58.1 Å². The molecule has 154 valence electrons. The summed E-state index contributed by atoms with van der Waals surface area (Å²) in [5.74, 6) is 2.11. The van der Waals surface area contributed by atoms with Gasteiger partial charge in [0.1, 0.15) is 0 Å². The molecular formula is C21H31IN4O2. The largest absolute Gasteiger partial charge is 0.493 e. The summed E-state index contributed by atoms with van der Waals surface area (Å²) in [5.41, 5.74) is 3.43. The molecule has 2 aromatic rings. The van der Waals surface area contributed by atoms with E-state index in [0.29, 0.717) is 24.9 Å². The van der Waals surface area contributed by atoms with Crippen LogP contribution in [0.2, 0.25) is 0 Å². The van der Waals surface area contributed by atoms with E-state index >= 15 is 0 Å². The molecule has 0 atom stereocenters. The van der Waals surface area contributed by atoms with Crippen LogP contribution in [-0.2, 0) is 13.1 Å². The van der Waals surface area contributed by atoms with E-state index in [0.717, 1.165) is 18.0 Å². The van der Waals surface area contributed by atoms with Gasteiger partial charge < -0.3 is 25.0 Å². The summed E-state index contributed by atoms with van der Waals surface area (Å²) in [5, 5.41) is 6.67. The van der Waals surface area contributed by atoms with Crippen LogP contribution in [0.1, 0.15) is 18.1 Å². The van der Waals surface area contributed by atoms with E-state index in [4.69, 9.17) is 9.47 Å². The van der Waals surface area contributed by atoms with Crippen LogP contribution in [0, 0.1) is 0 Å². The van der Waals surface area contributed by atoms with Gasteiger partial charge in [0.05, 0.1) is 13.7 Å². The van der Waals surface area contributed by atoms with Gasteiger partial charge in [0.15, 0.2) is 17.5 Å². The van der Waals surface area contributed by atoms with E-state index < -0.39 is 0 Å². The molecule has 0 aliphatic heterocycles. The molecule has 0 aromatic heterocycles. The highest BCUT2D eigenvalue weighted by atomic mass is 127. The molecule has 2 N–H and O–H groups in total. The van der Waals surface area contributed by atoms with Crippen molar-refractivity contribution in [3.05, 3.63) is 53.6 Å². The van der Waals surface area contributed by atoms with E-state index in [9.17, 15) is 0 Å². The third-order valence-corrected chi connectivity index (χ3v) is 4.00. The van der Waals surface area contributed by atoms with Gasteiger partial charge in [-0.15, -0.1) is 24.0 Å². The molecule has 0 amide bonds. The normalized spacial score (nSPS) is 11.0.